The fourth-order valence-electron chi connectivity index (χ4n) is 0.937. The Kier molecular flexibility index (Phi) is 4.32. The summed E-state index contributed by atoms with van der Waals surface area (Å²) < 4.78 is 0. The number of nitrogens with zero attached hydrogens (tertiary/aromatic N) is 2. The van der Waals surface area contributed by atoms with Crippen molar-refractivity contribution in [3.8, 4) is 0 Å². The molecule has 0 amide bonds. The number of thioether (sulfide) groups is 1. The summed E-state index contributed by atoms with van der Waals surface area (Å²) in [7, 11) is 0. The molecule has 0 bridgehead atoms. The minimum absolute atomic E-state index is 0.394. The zero-order valence-corrected chi connectivity index (χ0v) is 9.19. The maximum atomic E-state index is 5.60. The molecule has 0 saturated heterocycles. The Morgan fingerprint density at radius 1 is 1.54 bits per heavy atom. The molecule has 0 radical (unpaired) electrons. The number of aromatic nitrogens is 2. The van der Waals surface area contributed by atoms with Gasteiger partial charge in [-0.05, 0) is 25.3 Å². The van der Waals surface area contributed by atoms with Crippen LogP contribution in [0.5, 0.6) is 0 Å². The molecule has 0 spiro atoms. The van der Waals surface area contributed by atoms with Crippen molar-refractivity contribution in [2.75, 3.05) is 17.3 Å². The van der Waals surface area contributed by atoms with Gasteiger partial charge in [0.2, 0.25) is 0 Å². The van der Waals surface area contributed by atoms with Crippen molar-refractivity contribution < 1.29 is 0 Å². The van der Waals surface area contributed by atoms with Gasteiger partial charge in [-0.25, -0.2) is 0 Å². The van der Waals surface area contributed by atoms with Gasteiger partial charge in [-0.2, -0.15) is 11.8 Å². The average molecular weight is 218 g/mol. The Labute approximate surface area is 87.3 Å². The van der Waals surface area contributed by atoms with Gasteiger partial charge in [0.15, 0.2) is 5.15 Å². The van der Waals surface area contributed by atoms with Gasteiger partial charge in [0.1, 0.15) is 5.82 Å². The van der Waals surface area contributed by atoms with Gasteiger partial charge >= 0.3 is 0 Å². The van der Waals surface area contributed by atoms with E-state index in [1.165, 1.54) is 0 Å². The van der Waals surface area contributed by atoms with E-state index in [4.69, 9.17) is 11.6 Å². The van der Waals surface area contributed by atoms with E-state index in [2.05, 4.69) is 28.7 Å². The van der Waals surface area contributed by atoms with E-state index in [1.54, 1.807) is 17.8 Å². The van der Waals surface area contributed by atoms with Crippen LogP contribution in [-0.4, -0.2) is 28.2 Å². The lowest BCUT2D eigenvalue weighted by molar-refractivity contribution is 0.885. The molecule has 3 nitrogen and oxygen atoms in total. The Hall–Kier alpha value is -0.480. The first-order chi connectivity index (χ1) is 6.22. The second-order valence-corrected chi connectivity index (χ2v) is 4.04. The molecule has 1 aromatic heterocycles. The molecule has 1 unspecified atom stereocenters. The van der Waals surface area contributed by atoms with Gasteiger partial charge in [0.05, 0.1) is 0 Å². The van der Waals surface area contributed by atoms with Crippen molar-refractivity contribution in [1.82, 2.24) is 10.2 Å². The van der Waals surface area contributed by atoms with E-state index < -0.39 is 0 Å². The van der Waals surface area contributed by atoms with Gasteiger partial charge in [-0.3, -0.25) is 0 Å². The lowest BCUT2D eigenvalue weighted by atomic mass is 10.4. The molecule has 13 heavy (non-hydrogen) atoms. The first kappa shape index (κ1) is 10.6. The van der Waals surface area contributed by atoms with Crippen LogP contribution in [0.3, 0.4) is 0 Å². The molecule has 0 saturated carbocycles. The van der Waals surface area contributed by atoms with Crippen molar-refractivity contribution in [2.24, 2.45) is 0 Å². The standard InChI is InChI=1S/C8H12ClN3S/c1-6(5-13-2)10-8-4-3-7(9)11-12-8/h3-4,6H,5H2,1-2H3,(H,10,12). The van der Waals surface area contributed by atoms with Crippen LogP contribution in [-0.2, 0) is 0 Å². The van der Waals surface area contributed by atoms with Gasteiger partial charge in [-0.15, -0.1) is 10.2 Å². The fourth-order valence-corrected chi connectivity index (χ4v) is 1.62. The molecule has 0 aliphatic carbocycles. The predicted molar refractivity (Wildman–Crippen MR) is 58.5 cm³/mol. The molecule has 72 valence electrons. The lowest BCUT2D eigenvalue weighted by Gasteiger charge is -2.11. The monoisotopic (exact) mass is 217 g/mol. The number of rotatable bonds is 4. The first-order valence-corrected chi connectivity index (χ1v) is 5.74. The van der Waals surface area contributed by atoms with Crippen LogP contribution in [0.2, 0.25) is 5.15 Å². The smallest absolute Gasteiger partial charge is 0.151 e. The number of hydrogen-bond acceptors (Lipinski definition) is 4. The van der Waals surface area contributed by atoms with Crippen molar-refractivity contribution in [2.45, 2.75) is 13.0 Å². The molecule has 0 fully saturated rings. The maximum Gasteiger partial charge on any atom is 0.151 e. The summed E-state index contributed by atoms with van der Waals surface area (Å²) in [4.78, 5) is 0. The summed E-state index contributed by atoms with van der Waals surface area (Å²) in [5.74, 6) is 1.82. The number of halogens is 1. The largest absolute Gasteiger partial charge is 0.365 e. The molecule has 0 aliphatic rings. The summed E-state index contributed by atoms with van der Waals surface area (Å²) in [6.45, 7) is 2.10. The second kappa shape index (κ2) is 5.29. The molecular weight excluding hydrogens is 206 g/mol. The van der Waals surface area contributed by atoms with E-state index in [-0.39, 0.29) is 0 Å². The van der Waals surface area contributed by atoms with E-state index in [9.17, 15) is 0 Å². The van der Waals surface area contributed by atoms with Crippen LogP contribution in [0.15, 0.2) is 12.1 Å². The predicted octanol–water partition coefficient (Wildman–Crippen LogP) is 2.29. The average Bonchev–Trinajstić information content (AvgIpc) is 2.09. The number of hydrogen-bond donors (Lipinski definition) is 1. The molecule has 1 heterocycles. The Morgan fingerprint density at radius 2 is 2.31 bits per heavy atom. The molecule has 1 atom stereocenters. The van der Waals surface area contributed by atoms with Gasteiger partial charge < -0.3 is 5.32 Å². The van der Waals surface area contributed by atoms with Crippen molar-refractivity contribution in [1.29, 1.82) is 0 Å². The van der Waals surface area contributed by atoms with Crippen LogP contribution >= 0.6 is 23.4 Å². The number of nitrogens with one attached hydrogen (secondary N) is 1. The third-order valence-corrected chi connectivity index (χ3v) is 2.48. The SMILES string of the molecule is CSCC(C)Nc1ccc(Cl)nn1. The highest BCUT2D eigenvalue weighted by molar-refractivity contribution is 7.98. The summed E-state index contributed by atoms with van der Waals surface area (Å²) in [5, 5.41) is 11.3. The Bertz CT molecular complexity index is 252. The van der Waals surface area contributed by atoms with E-state index >= 15 is 0 Å². The molecule has 1 N–H and O–H groups in total. The van der Waals surface area contributed by atoms with Crippen LogP contribution in [0.25, 0.3) is 0 Å². The summed E-state index contributed by atoms with van der Waals surface area (Å²) in [6, 6.07) is 3.94. The quantitative estimate of drug-likeness (QED) is 0.840. The Morgan fingerprint density at radius 3 is 2.85 bits per heavy atom. The van der Waals surface area contributed by atoms with E-state index in [0.717, 1.165) is 11.6 Å². The summed E-state index contributed by atoms with van der Waals surface area (Å²) in [6.07, 6.45) is 2.08. The molecule has 5 heteroatoms. The number of anilines is 1. The molecule has 1 rings (SSSR count). The zero-order valence-electron chi connectivity index (χ0n) is 7.62. The Balaban J connectivity index is 2.49. The first-order valence-electron chi connectivity index (χ1n) is 3.97. The summed E-state index contributed by atoms with van der Waals surface area (Å²) in [5.41, 5.74) is 0. The van der Waals surface area contributed by atoms with Gasteiger partial charge in [0.25, 0.3) is 0 Å². The van der Waals surface area contributed by atoms with Gasteiger partial charge in [0, 0.05) is 11.8 Å². The topological polar surface area (TPSA) is 37.8 Å². The highest BCUT2D eigenvalue weighted by Crippen LogP contribution is 2.08. The summed E-state index contributed by atoms with van der Waals surface area (Å²) >= 11 is 7.40. The van der Waals surface area contributed by atoms with Crippen molar-refractivity contribution in [3.05, 3.63) is 17.3 Å². The zero-order chi connectivity index (χ0) is 9.68. The van der Waals surface area contributed by atoms with E-state index in [0.29, 0.717) is 11.2 Å². The highest BCUT2D eigenvalue weighted by atomic mass is 35.5. The highest BCUT2D eigenvalue weighted by Gasteiger charge is 2.01. The third-order valence-electron chi connectivity index (χ3n) is 1.44. The molecule has 0 aromatic carbocycles. The maximum absolute atomic E-state index is 5.60. The van der Waals surface area contributed by atoms with Crippen LogP contribution < -0.4 is 5.32 Å². The van der Waals surface area contributed by atoms with Crippen molar-refractivity contribution >= 4 is 29.2 Å². The second-order valence-electron chi connectivity index (χ2n) is 2.74. The van der Waals surface area contributed by atoms with Gasteiger partial charge in [-0.1, -0.05) is 11.6 Å². The van der Waals surface area contributed by atoms with Crippen LogP contribution in [0, 0.1) is 0 Å². The fraction of sp³-hybridized carbons (Fsp3) is 0.500. The third kappa shape index (κ3) is 3.83. The van der Waals surface area contributed by atoms with E-state index in [1.807, 2.05) is 6.07 Å². The normalized spacial score (nSPS) is 12.5. The molecule has 0 aliphatic heterocycles. The lowest BCUT2D eigenvalue weighted by Crippen LogP contribution is -2.18. The minimum Gasteiger partial charge on any atom is -0.365 e. The van der Waals surface area contributed by atoms with Crippen LogP contribution in [0.4, 0.5) is 5.82 Å². The van der Waals surface area contributed by atoms with Crippen molar-refractivity contribution in [3.63, 3.8) is 0 Å². The van der Waals surface area contributed by atoms with Crippen LogP contribution in [0.1, 0.15) is 6.92 Å². The molecular formula is C8H12ClN3S. The molecule has 1 aromatic rings. The minimum atomic E-state index is 0.394.